The number of hydrogen-bond acceptors (Lipinski definition) is 8. The van der Waals surface area contributed by atoms with Crippen molar-refractivity contribution in [2.45, 2.75) is 6.61 Å². The maximum Gasteiger partial charge on any atom is 0.337 e. The molecule has 0 fully saturated rings. The molecular formula is C16H14N2O5S. The fourth-order valence-electron chi connectivity index (χ4n) is 1.99. The molecule has 2 heterocycles. The number of esters is 1. The van der Waals surface area contributed by atoms with Crippen molar-refractivity contribution in [1.82, 2.24) is 10.1 Å². The first kappa shape index (κ1) is 16.0. The Kier molecular flexibility index (Phi) is 4.76. The van der Waals surface area contributed by atoms with Gasteiger partial charge in [0.2, 0.25) is 5.82 Å². The van der Waals surface area contributed by atoms with Crippen molar-refractivity contribution in [1.29, 1.82) is 0 Å². The second-order valence-corrected chi connectivity index (χ2v) is 5.59. The van der Waals surface area contributed by atoms with Gasteiger partial charge in [0.1, 0.15) is 0 Å². The van der Waals surface area contributed by atoms with E-state index < -0.39 is 5.97 Å². The molecule has 0 bridgehead atoms. The standard InChI is InChI=1S/C16H14N2O5S/c1-20-12-8-10(16(19)21-2)5-6-11(12)22-9-14-17-15(23-18-14)13-4-3-7-24-13/h3-8H,9H2,1-2H3. The molecule has 0 saturated carbocycles. The van der Waals surface area contributed by atoms with Crippen LogP contribution in [0.2, 0.25) is 0 Å². The van der Waals surface area contributed by atoms with E-state index in [9.17, 15) is 4.79 Å². The van der Waals surface area contributed by atoms with Crippen LogP contribution in [0.25, 0.3) is 10.8 Å². The highest BCUT2D eigenvalue weighted by atomic mass is 32.1. The number of benzene rings is 1. The molecule has 0 saturated heterocycles. The maximum atomic E-state index is 11.5. The van der Waals surface area contributed by atoms with E-state index in [0.717, 1.165) is 4.88 Å². The number of hydrogen-bond donors (Lipinski definition) is 0. The van der Waals surface area contributed by atoms with Gasteiger partial charge < -0.3 is 18.7 Å². The summed E-state index contributed by atoms with van der Waals surface area (Å²) in [5.74, 6) is 1.31. The molecule has 0 aliphatic heterocycles. The average molecular weight is 346 g/mol. The first-order valence-electron chi connectivity index (χ1n) is 6.97. The van der Waals surface area contributed by atoms with Gasteiger partial charge in [-0.15, -0.1) is 11.3 Å². The summed E-state index contributed by atoms with van der Waals surface area (Å²) in [7, 11) is 2.81. The number of ether oxygens (including phenoxy) is 3. The SMILES string of the molecule is COC(=O)c1ccc(OCc2noc(-c3cccs3)n2)c(OC)c1. The molecule has 2 aromatic heterocycles. The summed E-state index contributed by atoms with van der Waals surface area (Å²) in [5, 5.41) is 5.82. The van der Waals surface area contributed by atoms with Crippen LogP contribution in [0.15, 0.2) is 40.2 Å². The van der Waals surface area contributed by atoms with Gasteiger partial charge in [0.05, 0.1) is 24.7 Å². The molecule has 0 amide bonds. The van der Waals surface area contributed by atoms with Crippen molar-refractivity contribution in [3.05, 3.63) is 47.1 Å². The predicted octanol–water partition coefficient (Wildman–Crippen LogP) is 3.17. The Labute approximate surface area is 141 Å². The highest BCUT2D eigenvalue weighted by Crippen LogP contribution is 2.29. The molecule has 0 atom stereocenters. The van der Waals surface area contributed by atoms with Gasteiger partial charge >= 0.3 is 5.97 Å². The van der Waals surface area contributed by atoms with Crippen LogP contribution in [-0.4, -0.2) is 30.3 Å². The minimum atomic E-state index is -0.446. The zero-order chi connectivity index (χ0) is 16.9. The smallest absolute Gasteiger partial charge is 0.337 e. The Morgan fingerprint density at radius 3 is 2.83 bits per heavy atom. The second kappa shape index (κ2) is 7.14. The summed E-state index contributed by atoms with van der Waals surface area (Å²) < 4.78 is 20.8. The second-order valence-electron chi connectivity index (χ2n) is 4.64. The van der Waals surface area contributed by atoms with Crippen molar-refractivity contribution in [3.8, 4) is 22.3 Å². The van der Waals surface area contributed by atoms with Gasteiger partial charge in [-0.3, -0.25) is 0 Å². The number of carbonyl (C=O) groups is 1. The molecule has 3 aromatic rings. The van der Waals surface area contributed by atoms with Crippen LogP contribution in [0.1, 0.15) is 16.2 Å². The quantitative estimate of drug-likeness (QED) is 0.634. The zero-order valence-corrected chi connectivity index (χ0v) is 13.8. The van der Waals surface area contributed by atoms with E-state index in [1.165, 1.54) is 25.6 Å². The number of nitrogens with zero attached hydrogens (tertiary/aromatic N) is 2. The lowest BCUT2D eigenvalue weighted by Gasteiger charge is -2.10. The van der Waals surface area contributed by atoms with E-state index in [2.05, 4.69) is 14.9 Å². The monoisotopic (exact) mass is 346 g/mol. The van der Waals surface area contributed by atoms with Gasteiger partial charge in [0, 0.05) is 0 Å². The minimum Gasteiger partial charge on any atom is -0.493 e. The van der Waals surface area contributed by atoms with Crippen LogP contribution in [0.5, 0.6) is 11.5 Å². The van der Waals surface area contributed by atoms with Gasteiger partial charge in [-0.25, -0.2) is 4.79 Å². The normalized spacial score (nSPS) is 10.4. The topological polar surface area (TPSA) is 83.7 Å². The molecule has 0 spiro atoms. The third kappa shape index (κ3) is 3.38. The van der Waals surface area contributed by atoms with Crippen molar-refractivity contribution >= 4 is 17.3 Å². The Morgan fingerprint density at radius 1 is 1.25 bits per heavy atom. The van der Waals surface area contributed by atoms with Crippen LogP contribution in [0, 0.1) is 0 Å². The van der Waals surface area contributed by atoms with Crippen LogP contribution in [0.4, 0.5) is 0 Å². The van der Waals surface area contributed by atoms with Gasteiger partial charge in [0.15, 0.2) is 18.1 Å². The fourth-order valence-corrected chi connectivity index (χ4v) is 2.63. The number of methoxy groups -OCH3 is 2. The average Bonchev–Trinajstić information content (AvgIpc) is 3.30. The molecule has 24 heavy (non-hydrogen) atoms. The fraction of sp³-hybridized carbons (Fsp3) is 0.188. The minimum absolute atomic E-state index is 0.114. The van der Waals surface area contributed by atoms with Gasteiger partial charge in [-0.1, -0.05) is 11.2 Å². The highest BCUT2D eigenvalue weighted by molar-refractivity contribution is 7.13. The lowest BCUT2D eigenvalue weighted by Crippen LogP contribution is -2.03. The Hall–Kier alpha value is -2.87. The van der Waals surface area contributed by atoms with Crippen molar-refractivity contribution in [2.24, 2.45) is 0 Å². The molecular weight excluding hydrogens is 332 g/mol. The Morgan fingerprint density at radius 2 is 2.12 bits per heavy atom. The molecule has 7 nitrogen and oxygen atoms in total. The number of rotatable bonds is 6. The highest BCUT2D eigenvalue weighted by Gasteiger charge is 2.14. The summed E-state index contributed by atoms with van der Waals surface area (Å²) in [6, 6.07) is 8.59. The van der Waals surface area contributed by atoms with Crippen LogP contribution in [0.3, 0.4) is 0 Å². The lowest BCUT2D eigenvalue weighted by atomic mass is 10.2. The van der Waals surface area contributed by atoms with E-state index in [1.54, 1.807) is 18.2 Å². The van der Waals surface area contributed by atoms with Gasteiger partial charge in [-0.05, 0) is 29.6 Å². The van der Waals surface area contributed by atoms with E-state index in [4.69, 9.17) is 14.0 Å². The molecule has 3 rings (SSSR count). The summed E-state index contributed by atoms with van der Waals surface area (Å²) in [6.45, 7) is 0.114. The van der Waals surface area contributed by atoms with Crippen molar-refractivity contribution in [3.63, 3.8) is 0 Å². The van der Waals surface area contributed by atoms with Crippen molar-refractivity contribution in [2.75, 3.05) is 14.2 Å². The summed E-state index contributed by atoms with van der Waals surface area (Å²) in [6.07, 6.45) is 0. The first-order valence-corrected chi connectivity index (χ1v) is 7.85. The summed E-state index contributed by atoms with van der Waals surface area (Å²) in [4.78, 5) is 16.7. The summed E-state index contributed by atoms with van der Waals surface area (Å²) in [5.41, 5.74) is 0.376. The largest absolute Gasteiger partial charge is 0.493 e. The van der Waals surface area contributed by atoms with Crippen LogP contribution >= 0.6 is 11.3 Å². The van der Waals surface area contributed by atoms with Gasteiger partial charge in [-0.2, -0.15) is 4.98 Å². The Bertz CT molecular complexity index is 829. The zero-order valence-electron chi connectivity index (χ0n) is 13.0. The maximum absolute atomic E-state index is 11.5. The van der Waals surface area contributed by atoms with E-state index in [-0.39, 0.29) is 6.61 Å². The van der Waals surface area contributed by atoms with Gasteiger partial charge in [0.25, 0.3) is 5.89 Å². The molecule has 124 valence electrons. The molecule has 0 aliphatic rings. The van der Waals surface area contributed by atoms with Crippen LogP contribution < -0.4 is 9.47 Å². The molecule has 8 heteroatoms. The van der Waals surface area contributed by atoms with E-state index >= 15 is 0 Å². The number of aromatic nitrogens is 2. The lowest BCUT2D eigenvalue weighted by molar-refractivity contribution is 0.0600. The molecule has 0 radical (unpaired) electrons. The number of carbonyl (C=O) groups excluding carboxylic acids is 1. The number of thiophene rings is 1. The van der Waals surface area contributed by atoms with Crippen LogP contribution in [-0.2, 0) is 11.3 Å². The third-order valence-electron chi connectivity index (χ3n) is 3.14. The van der Waals surface area contributed by atoms with E-state index in [1.807, 2.05) is 17.5 Å². The molecule has 0 N–H and O–H groups in total. The van der Waals surface area contributed by atoms with E-state index in [0.29, 0.717) is 28.8 Å². The Balaban J connectivity index is 1.71. The van der Waals surface area contributed by atoms with Crippen molar-refractivity contribution < 1.29 is 23.5 Å². The molecule has 1 aromatic carbocycles. The molecule has 0 aliphatic carbocycles. The first-order chi connectivity index (χ1) is 11.7. The third-order valence-corrected chi connectivity index (χ3v) is 4.00. The summed E-state index contributed by atoms with van der Waals surface area (Å²) >= 11 is 1.52. The predicted molar refractivity (Wildman–Crippen MR) is 86.3 cm³/mol. The molecule has 0 unspecified atom stereocenters.